The topological polar surface area (TPSA) is 32.3 Å². The Balaban J connectivity index is 1.91. The SMILES string of the molecule is [O-][S+](c1ccc(Cl)cc1)C1(Cc2ccccc2)CCOc2c(F)ccc(F)c21. The van der Waals surface area contributed by atoms with Crippen LogP contribution in [0, 0.1) is 11.6 Å². The van der Waals surface area contributed by atoms with Gasteiger partial charge in [-0.15, -0.1) is 0 Å². The number of fused-ring (bicyclic) bond motifs is 1. The van der Waals surface area contributed by atoms with Gasteiger partial charge in [0.05, 0.1) is 12.2 Å². The highest BCUT2D eigenvalue weighted by molar-refractivity contribution is 7.92. The standard InChI is InChI=1S/C22H17ClF2O2S/c23-16-6-8-17(9-7-16)28(26)22(14-15-4-2-1-3-5-15)12-13-27-21-19(25)11-10-18(24)20(21)22/h1-11H,12-14H2. The highest BCUT2D eigenvalue weighted by Crippen LogP contribution is 2.49. The zero-order valence-electron chi connectivity index (χ0n) is 14.8. The van der Waals surface area contributed by atoms with Gasteiger partial charge >= 0.3 is 0 Å². The number of hydrogen-bond donors (Lipinski definition) is 0. The van der Waals surface area contributed by atoms with Crippen LogP contribution in [-0.4, -0.2) is 11.2 Å². The van der Waals surface area contributed by atoms with Crippen molar-refractivity contribution in [3.05, 3.63) is 94.5 Å². The van der Waals surface area contributed by atoms with Gasteiger partial charge < -0.3 is 9.29 Å². The van der Waals surface area contributed by atoms with E-state index in [0.717, 1.165) is 17.7 Å². The Bertz CT molecular complexity index is 982. The number of benzene rings is 3. The average Bonchev–Trinajstić information content (AvgIpc) is 2.71. The first-order valence-electron chi connectivity index (χ1n) is 8.84. The molecule has 0 spiro atoms. The van der Waals surface area contributed by atoms with Crippen LogP contribution < -0.4 is 4.74 Å². The molecule has 1 aliphatic heterocycles. The Morgan fingerprint density at radius 1 is 0.964 bits per heavy atom. The van der Waals surface area contributed by atoms with Gasteiger partial charge in [-0.1, -0.05) is 41.9 Å². The molecule has 3 aromatic carbocycles. The third kappa shape index (κ3) is 3.39. The maximum absolute atomic E-state index is 15.0. The van der Waals surface area contributed by atoms with Crippen molar-refractivity contribution in [3.8, 4) is 5.75 Å². The molecule has 144 valence electrons. The Kier molecular flexibility index (Phi) is 5.32. The minimum Gasteiger partial charge on any atom is -0.611 e. The highest BCUT2D eigenvalue weighted by Gasteiger charge is 2.52. The summed E-state index contributed by atoms with van der Waals surface area (Å²) in [5.74, 6) is -1.42. The summed E-state index contributed by atoms with van der Waals surface area (Å²) < 4.78 is 47.5. The normalized spacial score (nSPS) is 19.6. The zero-order valence-corrected chi connectivity index (χ0v) is 16.4. The molecule has 2 atom stereocenters. The summed E-state index contributed by atoms with van der Waals surface area (Å²) in [7, 11) is 0. The van der Waals surface area contributed by atoms with Crippen molar-refractivity contribution in [2.24, 2.45) is 0 Å². The predicted molar refractivity (Wildman–Crippen MR) is 106 cm³/mol. The van der Waals surface area contributed by atoms with E-state index in [1.54, 1.807) is 24.3 Å². The summed E-state index contributed by atoms with van der Waals surface area (Å²) in [5.41, 5.74) is 0.928. The smallest absolute Gasteiger partial charge is 0.169 e. The van der Waals surface area contributed by atoms with Crippen LogP contribution in [0.25, 0.3) is 0 Å². The van der Waals surface area contributed by atoms with Crippen molar-refractivity contribution in [3.63, 3.8) is 0 Å². The van der Waals surface area contributed by atoms with E-state index in [9.17, 15) is 13.3 Å². The minimum atomic E-state index is -1.66. The summed E-state index contributed by atoms with van der Waals surface area (Å²) in [5, 5.41) is 0.516. The molecule has 0 amide bonds. The zero-order chi connectivity index (χ0) is 19.7. The first kappa shape index (κ1) is 19.2. The van der Waals surface area contributed by atoms with Gasteiger partial charge in [0.2, 0.25) is 0 Å². The fraction of sp³-hybridized carbons (Fsp3) is 0.182. The van der Waals surface area contributed by atoms with E-state index < -0.39 is 27.6 Å². The van der Waals surface area contributed by atoms with Crippen molar-refractivity contribution in [2.45, 2.75) is 22.5 Å². The highest BCUT2D eigenvalue weighted by atomic mass is 35.5. The lowest BCUT2D eigenvalue weighted by Gasteiger charge is -2.39. The monoisotopic (exact) mass is 418 g/mol. The molecule has 0 aromatic heterocycles. The predicted octanol–water partition coefficient (Wildman–Crippen LogP) is 5.65. The molecule has 28 heavy (non-hydrogen) atoms. The van der Waals surface area contributed by atoms with Crippen LogP contribution in [0.3, 0.4) is 0 Å². The summed E-state index contributed by atoms with van der Waals surface area (Å²) >= 11 is 4.30. The number of rotatable bonds is 4. The molecule has 1 aliphatic rings. The Morgan fingerprint density at radius 3 is 2.36 bits per heavy atom. The Labute approximate surface area is 170 Å². The van der Waals surface area contributed by atoms with Crippen molar-refractivity contribution < 1.29 is 18.1 Å². The van der Waals surface area contributed by atoms with Crippen LogP contribution in [0.1, 0.15) is 17.5 Å². The number of hydrogen-bond acceptors (Lipinski definition) is 2. The third-order valence-electron chi connectivity index (χ3n) is 4.98. The lowest BCUT2D eigenvalue weighted by molar-refractivity contribution is 0.232. The third-order valence-corrected chi connectivity index (χ3v) is 7.20. The number of halogens is 3. The molecule has 2 unspecified atom stereocenters. The van der Waals surface area contributed by atoms with Crippen molar-refractivity contribution in [1.82, 2.24) is 0 Å². The lowest BCUT2D eigenvalue weighted by Crippen LogP contribution is -2.43. The fourth-order valence-electron chi connectivity index (χ4n) is 3.68. The van der Waals surface area contributed by atoms with Gasteiger partial charge in [0.1, 0.15) is 5.82 Å². The van der Waals surface area contributed by atoms with Crippen LogP contribution in [-0.2, 0) is 22.3 Å². The molecule has 0 saturated heterocycles. The van der Waals surface area contributed by atoms with Crippen molar-refractivity contribution in [1.29, 1.82) is 0 Å². The molecule has 0 N–H and O–H groups in total. The second kappa shape index (κ2) is 7.74. The summed E-state index contributed by atoms with van der Waals surface area (Å²) in [6.07, 6.45) is 0.588. The van der Waals surface area contributed by atoms with Crippen LogP contribution in [0.2, 0.25) is 5.02 Å². The molecule has 0 aliphatic carbocycles. The van der Waals surface area contributed by atoms with Gasteiger partial charge in [-0.2, -0.15) is 0 Å². The quantitative estimate of drug-likeness (QED) is 0.513. The molecule has 0 fully saturated rings. The van der Waals surface area contributed by atoms with Gasteiger partial charge in [-0.05, 0) is 53.1 Å². The molecule has 3 aromatic rings. The van der Waals surface area contributed by atoms with Crippen LogP contribution in [0.5, 0.6) is 5.75 Å². The fourth-order valence-corrected chi connectivity index (χ4v) is 5.58. The first-order chi connectivity index (χ1) is 13.5. The van der Waals surface area contributed by atoms with Crippen molar-refractivity contribution >= 4 is 22.8 Å². The number of ether oxygens (including phenoxy) is 1. The van der Waals surface area contributed by atoms with Gasteiger partial charge in [0, 0.05) is 17.9 Å². The molecule has 6 heteroatoms. The van der Waals surface area contributed by atoms with E-state index in [-0.39, 0.29) is 17.9 Å². The maximum Gasteiger partial charge on any atom is 0.169 e. The summed E-state index contributed by atoms with van der Waals surface area (Å²) in [6.45, 7) is 0.152. The van der Waals surface area contributed by atoms with Gasteiger partial charge in [0.15, 0.2) is 21.2 Å². The molecule has 4 rings (SSSR count). The molecular weight excluding hydrogens is 402 g/mol. The molecular formula is C22H17ClF2O2S. The second-order valence-electron chi connectivity index (χ2n) is 6.71. The van der Waals surface area contributed by atoms with E-state index >= 15 is 0 Å². The molecule has 0 radical (unpaired) electrons. The molecule has 2 nitrogen and oxygen atoms in total. The first-order valence-corrected chi connectivity index (χ1v) is 10.4. The van der Waals surface area contributed by atoms with E-state index in [4.69, 9.17) is 16.3 Å². The largest absolute Gasteiger partial charge is 0.611 e. The Morgan fingerprint density at radius 2 is 1.64 bits per heavy atom. The van der Waals surface area contributed by atoms with E-state index in [0.29, 0.717) is 22.8 Å². The van der Waals surface area contributed by atoms with Gasteiger partial charge in [-0.3, -0.25) is 0 Å². The van der Waals surface area contributed by atoms with Gasteiger partial charge in [-0.25, -0.2) is 8.78 Å². The van der Waals surface area contributed by atoms with E-state index in [1.807, 2.05) is 30.3 Å². The minimum absolute atomic E-state index is 0.0379. The maximum atomic E-state index is 15.0. The van der Waals surface area contributed by atoms with Crippen LogP contribution in [0.4, 0.5) is 8.78 Å². The lowest BCUT2D eigenvalue weighted by atomic mass is 9.85. The van der Waals surface area contributed by atoms with Crippen LogP contribution in [0.15, 0.2) is 71.6 Å². The summed E-state index contributed by atoms with van der Waals surface area (Å²) in [6, 6.07) is 18.1. The summed E-state index contributed by atoms with van der Waals surface area (Å²) in [4.78, 5) is 0.511. The van der Waals surface area contributed by atoms with E-state index in [2.05, 4.69) is 0 Å². The van der Waals surface area contributed by atoms with Crippen molar-refractivity contribution in [2.75, 3.05) is 6.61 Å². The second-order valence-corrected chi connectivity index (χ2v) is 8.94. The van der Waals surface area contributed by atoms with E-state index in [1.165, 1.54) is 0 Å². The molecule has 0 bridgehead atoms. The molecule has 1 heterocycles. The Hall–Kier alpha value is -2.08. The molecule has 0 saturated carbocycles. The van der Waals surface area contributed by atoms with Gasteiger partial charge in [0.25, 0.3) is 0 Å². The van der Waals surface area contributed by atoms with Crippen LogP contribution >= 0.6 is 11.6 Å². The average molecular weight is 419 g/mol.